The monoisotopic (exact) mass is 382 g/mol. The Balaban J connectivity index is 1.66. The van der Waals surface area contributed by atoms with Crippen molar-refractivity contribution in [2.75, 3.05) is 19.0 Å². The summed E-state index contributed by atoms with van der Waals surface area (Å²) in [6.07, 6.45) is 1.61. The van der Waals surface area contributed by atoms with Crippen LogP contribution >= 0.6 is 0 Å². The highest BCUT2D eigenvalue weighted by molar-refractivity contribution is 6.04. The maximum atomic E-state index is 12.5. The zero-order chi connectivity index (χ0) is 20.1. The summed E-state index contributed by atoms with van der Waals surface area (Å²) in [6.45, 7) is 3.35. The lowest BCUT2D eigenvalue weighted by atomic mass is 9.93. The molecule has 1 aliphatic heterocycles. The molecule has 1 aliphatic rings. The topological polar surface area (TPSA) is 78.9 Å². The minimum Gasteiger partial charge on any atom is -0.497 e. The van der Waals surface area contributed by atoms with Crippen LogP contribution in [-0.4, -0.2) is 41.6 Å². The number of carbonyl (C=O) groups is 2. The van der Waals surface area contributed by atoms with E-state index in [2.05, 4.69) is 17.1 Å². The molecular formula is C22H26N2O4. The van der Waals surface area contributed by atoms with Gasteiger partial charge in [0.05, 0.1) is 13.0 Å². The molecule has 6 nitrogen and oxygen atoms in total. The van der Waals surface area contributed by atoms with Gasteiger partial charge in [-0.3, -0.25) is 14.5 Å². The van der Waals surface area contributed by atoms with Crippen molar-refractivity contribution in [2.45, 2.75) is 32.4 Å². The van der Waals surface area contributed by atoms with Crippen molar-refractivity contribution in [3.8, 4) is 5.75 Å². The normalized spacial score (nSPS) is 19.8. The number of hydrogen-bond donors (Lipinski definition) is 2. The van der Waals surface area contributed by atoms with Gasteiger partial charge in [-0.25, -0.2) is 0 Å². The molecule has 2 aromatic carbocycles. The molecule has 0 spiro atoms. The van der Waals surface area contributed by atoms with Gasteiger partial charge in [-0.05, 0) is 61.7 Å². The molecule has 6 heteroatoms. The molecule has 28 heavy (non-hydrogen) atoms. The van der Waals surface area contributed by atoms with Gasteiger partial charge in [0.1, 0.15) is 5.75 Å². The van der Waals surface area contributed by atoms with E-state index in [9.17, 15) is 14.7 Å². The van der Waals surface area contributed by atoms with E-state index < -0.39 is 5.97 Å². The van der Waals surface area contributed by atoms with Crippen LogP contribution in [0.5, 0.6) is 5.75 Å². The molecule has 2 unspecified atom stereocenters. The van der Waals surface area contributed by atoms with Crippen LogP contribution in [0.15, 0.2) is 48.5 Å². The molecule has 0 aromatic heterocycles. The van der Waals surface area contributed by atoms with Crippen LogP contribution in [0.25, 0.3) is 0 Å². The van der Waals surface area contributed by atoms with Crippen molar-refractivity contribution < 1.29 is 19.4 Å². The van der Waals surface area contributed by atoms with Gasteiger partial charge in [0.2, 0.25) is 0 Å². The van der Waals surface area contributed by atoms with Gasteiger partial charge >= 0.3 is 5.97 Å². The average Bonchev–Trinajstić information content (AvgIpc) is 2.70. The van der Waals surface area contributed by atoms with Crippen molar-refractivity contribution in [2.24, 2.45) is 5.92 Å². The molecule has 1 amide bonds. The van der Waals surface area contributed by atoms with Gasteiger partial charge in [-0.2, -0.15) is 0 Å². The van der Waals surface area contributed by atoms with Crippen molar-refractivity contribution >= 4 is 17.6 Å². The molecule has 2 N–H and O–H groups in total. The lowest BCUT2D eigenvalue weighted by Crippen LogP contribution is -2.43. The Morgan fingerprint density at radius 1 is 1.18 bits per heavy atom. The SMILES string of the molecule is COc1ccc(C(=O)Nc2cccc(CN3CC(C(=O)O)CCC3C)c2)cc1. The molecular weight excluding hydrogens is 356 g/mol. The van der Waals surface area contributed by atoms with E-state index >= 15 is 0 Å². The third-order valence-electron chi connectivity index (χ3n) is 5.28. The van der Waals surface area contributed by atoms with Gasteiger partial charge in [-0.1, -0.05) is 12.1 Å². The molecule has 1 fully saturated rings. The summed E-state index contributed by atoms with van der Waals surface area (Å²) in [4.78, 5) is 26.0. The maximum absolute atomic E-state index is 12.5. The fourth-order valence-corrected chi connectivity index (χ4v) is 3.53. The second kappa shape index (κ2) is 8.89. The van der Waals surface area contributed by atoms with Gasteiger partial charge < -0.3 is 15.2 Å². The predicted octanol–water partition coefficient (Wildman–Crippen LogP) is 3.63. The van der Waals surface area contributed by atoms with E-state index in [4.69, 9.17) is 4.74 Å². The van der Waals surface area contributed by atoms with Crippen LogP contribution in [0, 0.1) is 5.92 Å². The summed E-state index contributed by atoms with van der Waals surface area (Å²) >= 11 is 0. The third-order valence-corrected chi connectivity index (χ3v) is 5.28. The van der Waals surface area contributed by atoms with Crippen molar-refractivity contribution in [1.82, 2.24) is 4.90 Å². The first-order chi connectivity index (χ1) is 13.5. The standard InChI is InChI=1S/C22H26N2O4/c1-15-6-7-18(22(26)27)14-24(15)13-16-4-3-5-19(12-16)23-21(25)17-8-10-20(28-2)11-9-17/h3-5,8-12,15,18H,6-7,13-14H2,1-2H3,(H,23,25)(H,26,27). The highest BCUT2D eigenvalue weighted by Crippen LogP contribution is 2.25. The number of carboxylic acids is 1. The molecule has 1 heterocycles. The number of likely N-dealkylation sites (tertiary alicyclic amines) is 1. The summed E-state index contributed by atoms with van der Waals surface area (Å²) in [7, 11) is 1.59. The zero-order valence-corrected chi connectivity index (χ0v) is 16.2. The number of anilines is 1. The van der Waals surface area contributed by atoms with Crippen LogP contribution in [0.2, 0.25) is 0 Å². The number of methoxy groups -OCH3 is 1. The Hall–Kier alpha value is -2.86. The Labute approximate surface area is 165 Å². The molecule has 2 aromatic rings. The molecule has 148 valence electrons. The lowest BCUT2D eigenvalue weighted by molar-refractivity contribution is -0.144. The van der Waals surface area contributed by atoms with Crippen LogP contribution in [0.3, 0.4) is 0 Å². The summed E-state index contributed by atoms with van der Waals surface area (Å²) < 4.78 is 5.11. The fraction of sp³-hybridized carbons (Fsp3) is 0.364. The van der Waals surface area contributed by atoms with Crippen molar-refractivity contribution in [1.29, 1.82) is 0 Å². The summed E-state index contributed by atoms with van der Waals surface area (Å²) in [5.41, 5.74) is 2.32. The quantitative estimate of drug-likeness (QED) is 0.798. The smallest absolute Gasteiger partial charge is 0.307 e. The van der Waals surface area contributed by atoms with Gasteiger partial charge in [0.15, 0.2) is 0 Å². The van der Waals surface area contributed by atoms with Crippen molar-refractivity contribution in [3.05, 3.63) is 59.7 Å². The van der Waals surface area contributed by atoms with Crippen LogP contribution < -0.4 is 10.1 Å². The van der Waals surface area contributed by atoms with E-state index in [1.807, 2.05) is 24.3 Å². The number of benzene rings is 2. The second-order valence-corrected chi connectivity index (χ2v) is 7.27. The van der Waals surface area contributed by atoms with E-state index in [0.29, 0.717) is 30.4 Å². The first-order valence-corrected chi connectivity index (χ1v) is 9.47. The Kier molecular flexibility index (Phi) is 6.31. The van der Waals surface area contributed by atoms with Crippen LogP contribution in [0.1, 0.15) is 35.7 Å². The summed E-state index contributed by atoms with van der Waals surface area (Å²) in [5.74, 6) is -0.516. The molecule has 0 bridgehead atoms. The fourth-order valence-electron chi connectivity index (χ4n) is 3.53. The minimum absolute atomic E-state index is 0.183. The molecule has 0 aliphatic carbocycles. The maximum Gasteiger partial charge on any atom is 0.307 e. The number of nitrogens with zero attached hydrogens (tertiary/aromatic N) is 1. The van der Waals surface area contributed by atoms with E-state index in [0.717, 1.165) is 24.1 Å². The Morgan fingerprint density at radius 2 is 1.93 bits per heavy atom. The Morgan fingerprint density at radius 3 is 2.61 bits per heavy atom. The van der Waals surface area contributed by atoms with Crippen LogP contribution in [-0.2, 0) is 11.3 Å². The van der Waals surface area contributed by atoms with Gasteiger partial charge in [0.25, 0.3) is 5.91 Å². The predicted molar refractivity (Wildman–Crippen MR) is 108 cm³/mol. The van der Waals surface area contributed by atoms with E-state index in [1.54, 1.807) is 31.4 Å². The summed E-state index contributed by atoms with van der Waals surface area (Å²) in [6, 6.07) is 15.0. The number of piperidine rings is 1. The number of carbonyl (C=O) groups excluding carboxylic acids is 1. The van der Waals surface area contributed by atoms with Gasteiger partial charge in [0, 0.05) is 30.4 Å². The molecule has 1 saturated heterocycles. The lowest BCUT2D eigenvalue weighted by Gasteiger charge is -2.36. The van der Waals surface area contributed by atoms with E-state index in [1.165, 1.54) is 0 Å². The number of amides is 1. The summed E-state index contributed by atoms with van der Waals surface area (Å²) in [5, 5.41) is 12.2. The number of hydrogen-bond acceptors (Lipinski definition) is 4. The molecule has 2 atom stereocenters. The minimum atomic E-state index is -0.725. The first kappa shape index (κ1) is 19.9. The largest absolute Gasteiger partial charge is 0.497 e. The zero-order valence-electron chi connectivity index (χ0n) is 16.2. The van der Waals surface area contributed by atoms with E-state index in [-0.39, 0.29) is 11.8 Å². The number of carboxylic acid groups (broad SMARTS) is 1. The molecule has 3 rings (SSSR count). The number of aliphatic carboxylic acids is 1. The van der Waals surface area contributed by atoms with Gasteiger partial charge in [-0.15, -0.1) is 0 Å². The first-order valence-electron chi connectivity index (χ1n) is 9.47. The second-order valence-electron chi connectivity index (χ2n) is 7.27. The molecule has 0 saturated carbocycles. The van der Waals surface area contributed by atoms with Crippen LogP contribution in [0.4, 0.5) is 5.69 Å². The number of nitrogens with one attached hydrogen (secondary N) is 1. The van der Waals surface area contributed by atoms with Crippen molar-refractivity contribution in [3.63, 3.8) is 0 Å². The number of rotatable bonds is 6. The third kappa shape index (κ3) is 4.89. The number of ether oxygens (including phenoxy) is 1. The average molecular weight is 382 g/mol. The highest BCUT2D eigenvalue weighted by Gasteiger charge is 2.29. The Bertz CT molecular complexity index is 835. The molecule has 0 radical (unpaired) electrons. The highest BCUT2D eigenvalue weighted by atomic mass is 16.5.